The lowest BCUT2D eigenvalue weighted by molar-refractivity contribution is -0.144. The van der Waals surface area contributed by atoms with Gasteiger partial charge in [-0.25, -0.2) is 0 Å². The van der Waals surface area contributed by atoms with E-state index < -0.39 is 0 Å². The third kappa shape index (κ3) is 7.10. The molecule has 0 saturated heterocycles. The van der Waals surface area contributed by atoms with E-state index in [-0.39, 0.29) is 24.3 Å². The fourth-order valence-corrected chi connectivity index (χ4v) is 4.86. The monoisotopic (exact) mass is 471 g/mol. The highest BCUT2D eigenvalue weighted by Crippen LogP contribution is 2.25. The number of rotatable bonds is 10. The Bertz CT molecular complexity index is 918. The van der Waals surface area contributed by atoms with Crippen molar-refractivity contribution in [2.24, 2.45) is 11.8 Å². The van der Waals surface area contributed by atoms with Crippen LogP contribution in [-0.4, -0.2) is 45.8 Å². The Morgan fingerprint density at radius 1 is 1.06 bits per heavy atom. The first-order valence-electron chi connectivity index (χ1n) is 12.3. The fourth-order valence-electron chi connectivity index (χ4n) is 4.66. The molecular formula is C27H38ClN3O2. The number of benzene rings is 1. The Morgan fingerprint density at radius 2 is 1.79 bits per heavy atom. The van der Waals surface area contributed by atoms with Gasteiger partial charge in [0.1, 0.15) is 0 Å². The highest BCUT2D eigenvalue weighted by molar-refractivity contribution is 6.31. The molecule has 0 radical (unpaired) electrons. The average molecular weight is 472 g/mol. The number of aromatic nitrogens is 1. The first kappa shape index (κ1) is 25.4. The largest absolute Gasteiger partial charge is 0.345 e. The molecule has 0 bridgehead atoms. The van der Waals surface area contributed by atoms with E-state index in [2.05, 4.69) is 24.5 Å². The third-order valence-corrected chi connectivity index (χ3v) is 6.86. The Hall–Kier alpha value is -2.27. The van der Waals surface area contributed by atoms with Gasteiger partial charge in [0.05, 0.1) is 13.1 Å². The average Bonchev–Trinajstić information content (AvgIpc) is 3.24. The zero-order valence-electron chi connectivity index (χ0n) is 20.3. The van der Waals surface area contributed by atoms with Crippen molar-refractivity contribution in [2.45, 2.75) is 66.0 Å². The van der Waals surface area contributed by atoms with Crippen molar-refractivity contribution in [3.8, 4) is 0 Å². The summed E-state index contributed by atoms with van der Waals surface area (Å²) in [6, 6.07) is 11.9. The number of amides is 2. The molecule has 3 rings (SSSR count). The maximum atomic E-state index is 13.4. The molecule has 0 unspecified atom stereocenters. The van der Waals surface area contributed by atoms with Gasteiger partial charge in [0.25, 0.3) is 0 Å². The Labute approximate surface area is 203 Å². The molecule has 1 aromatic carbocycles. The second kappa shape index (κ2) is 12.3. The van der Waals surface area contributed by atoms with Gasteiger partial charge in [-0.2, -0.15) is 0 Å². The van der Waals surface area contributed by atoms with Crippen molar-refractivity contribution in [3.05, 3.63) is 58.9 Å². The molecule has 1 aliphatic carbocycles. The highest BCUT2D eigenvalue weighted by Gasteiger charge is 2.28. The van der Waals surface area contributed by atoms with Crippen molar-refractivity contribution in [2.75, 3.05) is 19.6 Å². The molecule has 2 amide bonds. The molecule has 0 aliphatic heterocycles. The molecule has 33 heavy (non-hydrogen) atoms. The minimum absolute atomic E-state index is 0.0141. The van der Waals surface area contributed by atoms with Crippen LogP contribution in [0, 0.1) is 11.8 Å². The van der Waals surface area contributed by atoms with E-state index in [9.17, 15) is 9.59 Å². The molecule has 0 spiro atoms. The number of carbonyl (C=O) groups excluding carboxylic acids is 2. The van der Waals surface area contributed by atoms with Gasteiger partial charge in [0.2, 0.25) is 11.8 Å². The minimum atomic E-state index is 0.0141. The van der Waals surface area contributed by atoms with Gasteiger partial charge in [0.15, 0.2) is 0 Å². The normalized spacial score (nSPS) is 14.5. The van der Waals surface area contributed by atoms with Gasteiger partial charge in [-0.3, -0.25) is 9.59 Å². The van der Waals surface area contributed by atoms with Crippen molar-refractivity contribution in [1.29, 1.82) is 0 Å². The van der Waals surface area contributed by atoms with Gasteiger partial charge >= 0.3 is 0 Å². The van der Waals surface area contributed by atoms with Crippen LogP contribution < -0.4 is 0 Å². The molecule has 1 heterocycles. The topological polar surface area (TPSA) is 45.6 Å². The molecule has 1 aliphatic rings. The zero-order chi connectivity index (χ0) is 23.8. The number of halogens is 1. The molecule has 0 N–H and O–H groups in total. The van der Waals surface area contributed by atoms with Gasteiger partial charge in [-0.1, -0.05) is 62.9 Å². The van der Waals surface area contributed by atoms with Crippen molar-refractivity contribution >= 4 is 23.4 Å². The SMILES string of the molecule is CCN(CC(=O)N(Cc1cccn1Cc1ccccc1Cl)CC(C)C)C(=O)C1CCCCC1. The Morgan fingerprint density at radius 3 is 2.45 bits per heavy atom. The molecule has 1 saturated carbocycles. The molecule has 1 aromatic heterocycles. The van der Waals surface area contributed by atoms with Gasteiger partial charge in [0, 0.05) is 42.5 Å². The summed E-state index contributed by atoms with van der Waals surface area (Å²) in [7, 11) is 0. The summed E-state index contributed by atoms with van der Waals surface area (Å²) in [5.74, 6) is 0.584. The Kier molecular flexibility index (Phi) is 9.42. The van der Waals surface area contributed by atoms with E-state index in [1.165, 1.54) is 6.42 Å². The lowest BCUT2D eigenvalue weighted by Gasteiger charge is -2.31. The summed E-state index contributed by atoms with van der Waals surface area (Å²) in [6.07, 6.45) is 7.38. The molecular weight excluding hydrogens is 434 g/mol. The zero-order valence-corrected chi connectivity index (χ0v) is 21.1. The maximum absolute atomic E-state index is 13.4. The molecule has 1 fully saturated rings. The molecule has 5 nitrogen and oxygen atoms in total. The summed E-state index contributed by atoms with van der Waals surface area (Å²) in [5.41, 5.74) is 2.11. The molecule has 0 atom stereocenters. The summed E-state index contributed by atoms with van der Waals surface area (Å²) in [6.45, 7) is 8.77. The number of likely N-dealkylation sites (N-methyl/N-ethyl adjacent to an activating group) is 1. The Balaban J connectivity index is 1.70. The predicted octanol–water partition coefficient (Wildman–Crippen LogP) is 5.60. The van der Waals surface area contributed by atoms with E-state index in [1.54, 1.807) is 4.90 Å². The summed E-state index contributed by atoms with van der Waals surface area (Å²) in [4.78, 5) is 30.1. The van der Waals surface area contributed by atoms with Crippen molar-refractivity contribution in [3.63, 3.8) is 0 Å². The molecule has 2 aromatic rings. The van der Waals surface area contributed by atoms with E-state index in [4.69, 9.17) is 11.6 Å². The van der Waals surface area contributed by atoms with Crippen LogP contribution in [0.5, 0.6) is 0 Å². The standard InChI is InChI=1S/C27H38ClN3O2/c1-4-29(27(33)22-11-6-5-7-12-22)20-26(32)31(17-21(2)3)19-24-14-10-16-30(24)18-23-13-8-9-15-25(23)28/h8-10,13-16,21-22H,4-7,11-12,17-20H2,1-3H3. The number of nitrogens with zero attached hydrogens (tertiary/aromatic N) is 3. The lowest BCUT2D eigenvalue weighted by Crippen LogP contribution is -2.46. The fraction of sp³-hybridized carbons (Fsp3) is 0.556. The number of hydrogen-bond acceptors (Lipinski definition) is 2. The van der Waals surface area contributed by atoms with Gasteiger partial charge in [-0.05, 0) is 49.4 Å². The number of hydrogen-bond donors (Lipinski definition) is 0. The van der Waals surface area contributed by atoms with Crippen LogP contribution in [0.25, 0.3) is 0 Å². The quantitative estimate of drug-likeness (QED) is 0.452. The second-order valence-corrected chi connectivity index (χ2v) is 9.98. The van der Waals surface area contributed by atoms with Crippen LogP contribution in [0.3, 0.4) is 0 Å². The maximum Gasteiger partial charge on any atom is 0.242 e. The lowest BCUT2D eigenvalue weighted by atomic mass is 9.88. The molecule has 180 valence electrons. The first-order valence-corrected chi connectivity index (χ1v) is 12.7. The van der Waals surface area contributed by atoms with Crippen LogP contribution in [0.4, 0.5) is 0 Å². The smallest absolute Gasteiger partial charge is 0.242 e. The van der Waals surface area contributed by atoms with E-state index in [0.717, 1.165) is 42.0 Å². The minimum Gasteiger partial charge on any atom is -0.345 e. The first-order chi connectivity index (χ1) is 15.9. The van der Waals surface area contributed by atoms with Crippen molar-refractivity contribution < 1.29 is 9.59 Å². The van der Waals surface area contributed by atoms with Crippen LogP contribution in [0.2, 0.25) is 5.02 Å². The van der Waals surface area contributed by atoms with Crippen molar-refractivity contribution in [1.82, 2.24) is 14.4 Å². The van der Waals surface area contributed by atoms with E-state index in [1.807, 2.05) is 48.4 Å². The van der Waals surface area contributed by atoms with E-state index in [0.29, 0.717) is 32.1 Å². The van der Waals surface area contributed by atoms with Gasteiger partial charge in [-0.15, -0.1) is 0 Å². The van der Waals surface area contributed by atoms with Gasteiger partial charge < -0.3 is 14.4 Å². The number of carbonyl (C=O) groups is 2. The van der Waals surface area contributed by atoms with Crippen LogP contribution >= 0.6 is 11.6 Å². The van der Waals surface area contributed by atoms with Crippen LogP contribution in [0.1, 0.15) is 64.1 Å². The molecule has 6 heteroatoms. The second-order valence-electron chi connectivity index (χ2n) is 9.57. The van der Waals surface area contributed by atoms with Crippen LogP contribution in [-0.2, 0) is 22.7 Å². The summed E-state index contributed by atoms with van der Waals surface area (Å²) < 4.78 is 2.15. The summed E-state index contributed by atoms with van der Waals surface area (Å²) in [5, 5.41) is 0.743. The van der Waals surface area contributed by atoms with Crippen LogP contribution in [0.15, 0.2) is 42.6 Å². The van der Waals surface area contributed by atoms with E-state index >= 15 is 0 Å². The summed E-state index contributed by atoms with van der Waals surface area (Å²) >= 11 is 6.37. The third-order valence-electron chi connectivity index (χ3n) is 6.49. The highest BCUT2D eigenvalue weighted by atomic mass is 35.5. The predicted molar refractivity (Wildman–Crippen MR) is 134 cm³/mol.